The Morgan fingerprint density at radius 1 is 1.54 bits per heavy atom. The molecule has 2 N–H and O–H groups in total. The molecule has 0 bridgehead atoms. The lowest BCUT2D eigenvalue weighted by Gasteiger charge is -2.23. The van der Waals surface area contributed by atoms with Crippen LogP contribution in [0.2, 0.25) is 0 Å². The first-order valence-electron chi connectivity index (χ1n) is 4.69. The van der Waals surface area contributed by atoms with E-state index in [0.717, 1.165) is 12.2 Å². The van der Waals surface area contributed by atoms with Crippen LogP contribution < -0.4 is 5.73 Å². The van der Waals surface area contributed by atoms with Gasteiger partial charge in [0.25, 0.3) is 0 Å². The van der Waals surface area contributed by atoms with E-state index in [-0.39, 0.29) is 11.6 Å². The highest BCUT2D eigenvalue weighted by molar-refractivity contribution is 4.99. The van der Waals surface area contributed by atoms with Crippen molar-refractivity contribution in [3.05, 3.63) is 18.2 Å². The van der Waals surface area contributed by atoms with Crippen molar-refractivity contribution in [2.75, 3.05) is 0 Å². The molecule has 1 aromatic heterocycles. The quantitative estimate of drug-likeness (QED) is 0.752. The number of hydrogen-bond acceptors (Lipinski definition) is 2. The standard InChI is InChI=1S/C10H19N3/c1-8(11)7-9-12-5-6-13(9)10(2,3)4/h5-6,8H,7,11H2,1-4H3. The number of nitrogens with two attached hydrogens (primary N) is 1. The molecule has 1 aromatic rings. The summed E-state index contributed by atoms with van der Waals surface area (Å²) in [5.41, 5.74) is 5.84. The molecular weight excluding hydrogens is 162 g/mol. The van der Waals surface area contributed by atoms with Crippen molar-refractivity contribution < 1.29 is 0 Å². The van der Waals surface area contributed by atoms with Crippen molar-refractivity contribution in [2.24, 2.45) is 5.73 Å². The average Bonchev–Trinajstić information content (AvgIpc) is 2.31. The van der Waals surface area contributed by atoms with Crippen molar-refractivity contribution in [1.29, 1.82) is 0 Å². The highest BCUT2D eigenvalue weighted by Crippen LogP contribution is 2.16. The van der Waals surface area contributed by atoms with Crippen molar-refractivity contribution in [2.45, 2.75) is 45.7 Å². The van der Waals surface area contributed by atoms with Crippen LogP contribution in [0.1, 0.15) is 33.5 Å². The Morgan fingerprint density at radius 3 is 2.62 bits per heavy atom. The van der Waals surface area contributed by atoms with Crippen LogP contribution in [0.25, 0.3) is 0 Å². The summed E-state index contributed by atoms with van der Waals surface area (Å²) < 4.78 is 2.18. The topological polar surface area (TPSA) is 43.8 Å². The summed E-state index contributed by atoms with van der Waals surface area (Å²) in [5, 5.41) is 0. The van der Waals surface area contributed by atoms with Gasteiger partial charge in [-0.05, 0) is 27.7 Å². The van der Waals surface area contributed by atoms with Crippen LogP contribution >= 0.6 is 0 Å². The van der Waals surface area contributed by atoms with Gasteiger partial charge < -0.3 is 10.3 Å². The van der Waals surface area contributed by atoms with Crippen molar-refractivity contribution >= 4 is 0 Å². The molecule has 74 valence electrons. The molecule has 0 aliphatic rings. The van der Waals surface area contributed by atoms with Gasteiger partial charge in [-0.15, -0.1) is 0 Å². The number of nitrogens with zero attached hydrogens (tertiary/aromatic N) is 2. The van der Waals surface area contributed by atoms with E-state index in [9.17, 15) is 0 Å². The molecule has 0 saturated heterocycles. The molecule has 13 heavy (non-hydrogen) atoms. The Balaban J connectivity index is 2.90. The highest BCUT2D eigenvalue weighted by Gasteiger charge is 2.16. The van der Waals surface area contributed by atoms with Gasteiger partial charge >= 0.3 is 0 Å². The van der Waals surface area contributed by atoms with Gasteiger partial charge in [0.15, 0.2) is 0 Å². The van der Waals surface area contributed by atoms with Gasteiger partial charge in [0.1, 0.15) is 5.82 Å². The molecular formula is C10H19N3. The maximum absolute atomic E-state index is 5.74. The zero-order valence-electron chi connectivity index (χ0n) is 8.91. The normalized spacial score (nSPS) is 14.5. The lowest BCUT2D eigenvalue weighted by Crippen LogP contribution is -2.27. The van der Waals surface area contributed by atoms with Crippen molar-refractivity contribution in [3.8, 4) is 0 Å². The molecule has 0 radical (unpaired) electrons. The molecule has 1 atom stereocenters. The molecule has 0 spiro atoms. The lowest BCUT2D eigenvalue weighted by molar-refractivity contribution is 0.379. The van der Waals surface area contributed by atoms with E-state index in [0.29, 0.717) is 0 Å². The zero-order chi connectivity index (χ0) is 10.1. The minimum absolute atomic E-state index is 0.0979. The van der Waals surface area contributed by atoms with Crippen LogP contribution in [0, 0.1) is 0 Å². The second-order valence-electron chi connectivity index (χ2n) is 4.57. The second kappa shape index (κ2) is 3.50. The number of hydrogen-bond donors (Lipinski definition) is 1. The van der Waals surface area contributed by atoms with Crippen LogP contribution in [0.15, 0.2) is 12.4 Å². The average molecular weight is 181 g/mol. The van der Waals surface area contributed by atoms with Gasteiger partial charge in [-0.1, -0.05) is 0 Å². The molecule has 3 nitrogen and oxygen atoms in total. The summed E-state index contributed by atoms with van der Waals surface area (Å²) in [6.07, 6.45) is 4.69. The maximum Gasteiger partial charge on any atom is 0.110 e. The lowest BCUT2D eigenvalue weighted by atomic mass is 10.1. The Bertz CT molecular complexity index is 268. The zero-order valence-corrected chi connectivity index (χ0v) is 8.91. The van der Waals surface area contributed by atoms with Crippen LogP contribution in [0.5, 0.6) is 0 Å². The first kappa shape index (κ1) is 10.3. The molecule has 0 fully saturated rings. The first-order chi connectivity index (χ1) is 5.91. The number of imidazole rings is 1. The summed E-state index contributed by atoms with van der Waals surface area (Å²) in [7, 11) is 0. The fourth-order valence-electron chi connectivity index (χ4n) is 1.38. The minimum atomic E-state index is 0.0979. The van der Waals surface area contributed by atoms with Gasteiger partial charge in [-0.2, -0.15) is 0 Å². The van der Waals surface area contributed by atoms with E-state index < -0.39 is 0 Å². The molecule has 1 unspecified atom stereocenters. The maximum atomic E-state index is 5.74. The van der Waals surface area contributed by atoms with Gasteiger partial charge in [0.2, 0.25) is 0 Å². The molecule has 0 aliphatic carbocycles. The SMILES string of the molecule is CC(N)Cc1nccn1C(C)(C)C. The second-order valence-corrected chi connectivity index (χ2v) is 4.57. The fraction of sp³-hybridized carbons (Fsp3) is 0.700. The van der Waals surface area contributed by atoms with E-state index >= 15 is 0 Å². The van der Waals surface area contributed by atoms with Gasteiger partial charge in [0, 0.05) is 30.4 Å². The largest absolute Gasteiger partial charge is 0.330 e. The Hall–Kier alpha value is -0.830. The molecule has 0 aromatic carbocycles. The smallest absolute Gasteiger partial charge is 0.110 e. The van der Waals surface area contributed by atoms with E-state index in [2.05, 4.69) is 30.3 Å². The summed E-state index contributed by atoms with van der Waals surface area (Å²) >= 11 is 0. The molecule has 1 rings (SSSR count). The van der Waals surface area contributed by atoms with Crippen LogP contribution in [-0.2, 0) is 12.0 Å². The van der Waals surface area contributed by atoms with Gasteiger partial charge in [0.05, 0.1) is 0 Å². The van der Waals surface area contributed by atoms with Crippen LogP contribution in [0.4, 0.5) is 0 Å². The van der Waals surface area contributed by atoms with E-state index in [1.165, 1.54) is 0 Å². The Morgan fingerprint density at radius 2 is 2.15 bits per heavy atom. The third-order valence-electron chi connectivity index (χ3n) is 1.94. The summed E-state index contributed by atoms with van der Waals surface area (Å²) in [5.74, 6) is 1.07. The van der Waals surface area contributed by atoms with E-state index in [1.807, 2.05) is 19.3 Å². The monoisotopic (exact) mass is 181 g/mol. The van der Waals surface area contributed by atoms with Crippen molar-refractivity contribution in [3.63, 3.8) is 0 Å². The summed E-state index contributed by atoms with van der Waals surface area (Å²) in [4.78, 5) is 4.31. The first-order valence-corrected chi connectivity index (χ1v) is 4.69. The minimum Gasteiger partial charge on any atom is -0.330 e. The van der Waals surface area contributed by atoms with E-state index in [4.69, 9.17) is 5.73 Å². The summed E-state index contributed by atoms with van der Waals surface area (Å²) in [6, 6.07) is 0.170. The third kappa shape index (κ3) is 2.56. The third-order valence-corrected chi connectivity index (χ3v) is 1.94. The van der Waals surface area contributed by atoms with E-state index in [1.54, 1.807) is 0 Å². The highest BCUT2D eigenvalue weighted by atomic mass is 15.1. The van der Waals surface area contributed by atoms with Crippen LogP contribution in [0.3, 0.4) is 0 Å². The molecule has 3 heteroatoms. The Labute approximate surface area is 80.0 Å². The number of rotatable bonds is 2. The van der Waals surface area contributed by atoms with Gasteiger partial charge in [-0.3, -0.25) is 0 Å². The Kier molecular flexibility index (Phi) is 2.76. The predicted molar refractivity (Wildman–Crippen MR) is 54.6 cm³/mol. The molecule has 1 heterocycles. The van der Waals surface area contributed by atoms with Gasteiger partial charge in [-0.25, -0.2) is 4.98 Å². The number of aromatic nitrogens is 2. The molecule has 0 amide bonds. The van der Waals surface area contributed by atoms with Crippen molar-refractivity contribution in [1.82, 2.24) is 9.55 Å². The fourth-order valence-corrected chi connectivity index (χ4v) is 1.38. The molecule has 0 saturated carbocycles. The summed E-state index contributed by atoms with van der Waals surface area (Å²) in [6.45, 7) is 8.50. The molecule has 0 aliphatic heterocycles. The van der Waals surface area contributed by atoms with Crippen LogP contribution in [-0.4, -0.2) is 15.6 Å². The predicted octanol–water partition coefficient (Wildman–Crippen LogP) is 1.53.